The SMILES string of the molecule is COc1cc(C(=O)/C=C/c2ccccc2[N+](=O)[O-])ccc1C. The zero-order valence-electron chi connectivity index (χ0n) is 12.3. The van der Waals surface area contributed by atoms with E-state index in [9.17, 15) is 14.9 Å². The van der Waals surface area contributed by atoms with Crippen LogP contribution in [0, 0.1) is 17.0 Å². The predicted molar refractivity (Wildman–Crippen MR) is 84.2 cm³/mol. The zero-order chi connectivity index (χ0) is 16.1. The van der Waals surface area contributed by atoms with Crippen LogP contribution >= 0.6 is 0 Å². The van der Waals surface area contributed by atoms with E-state index in [-0.39, 0.29) is 11.5 Å². The van der Waals surface area contributed by atoms with Crippen LogP contribution in [0.15, 0.2) is 48.5 Å². The second-order valence-corrected chi connectivity index (χ2v) is 4.70. The number of benzene rings is 2. The number of carbonyl (C=O) groups is 1. The molecule has 0 heterocycles. The molecule has 112 valence electrons. The lowest BCUT2D eigenvalue weighted by atomic mass is 10.1. The molecule has 0 atom stereocenters. The van der Waals surface area contributed by atoms with Gasteiger partial charge >= 0.3 is 0 Å². The first-order valence-corrected chi connectivity index (χ1v) is 6.63. The number of hydrogen-bond donors (Lipinski definition) is 0. The van der Waals surface area contributed by atoms with Crippen molar-refractivity contribution in [2.24, 2.45) is 0 Å². The van der Waals surface area contributed by atoms with Gasteiger partial charge in [0.1, 0.15) is 5.75 Å². The number of ketones is 1. The average Bonchev–Trinajstić information content (AvgIpc) is 2.53. The first-order chi connectivity index (χ1) is 10.5. The Bertz CT molecular complexity index is 750. The lowest BCUT2D eigenvalue weighted by Crippen LogP contribution is -1.97. The van der Waals surface area contributed by atoms with Crippen LogP contribution in [0.3, 0.4) is 0 Å². The molecule has 2 rings (SSSR count). The van der Waals surface area contributed by atoms with Crippen molar-refractivity contribution in [3.63, 3.8) is 0 Å². The Morgan fingerprint density at radius 3 is 2.64 bits per heavy atom. The molecule has 0 aliphatic heterocycles. The molecule has 2 aromatic carbocycles. The number of rotatable bonds is 5. The third-order valence-electron chi connectivity index (χ3n) is 3.24. The molecule has 0 radical (unpaired) electrons. The topological polar surface area (TPSA) is 69.4 Å². The summed E-state index contributed by atoms with van der Waals surface area (Å²) in [5.41, 5.74) is 1.76. The summed E-state index contributed by atoms with van der Waals surface area (Å²) in [5.74, 6) is 0.390. The maximum atomic E-state index is 12.2. The predicted octanol–water partition coefficient (Wildman–Crippen LogP) is 3.81. The molecule has 0 amide bonds. The van der Waals surface area contributed by atoms with Gasteiger partial charge in [0.2, 0.25) is 0 Å². The summed E-state index contributed by atoms with van der Waals surface area (Å²) in [5, 5.41) is 10.9. The van der Waals surface area contributed by atoms with Crippen LogP contribution in [0.4, 0.5) is 5.69 Å². The first kappa shape index (κ1) is 15.4. The maximum absolute atomic E-state index is 12.2. The molecular formula is C17H15NO4. The summed E-state index contributed by atoms with van der Waals surface area (Å²) in [6, 6.07) is 11.4. The number of aryl methyl sites for hydroxylation is 1. The Labute approximate surface area is 128 Å². The number of allylic oxidation sites excluding steroid dienone is 1. The number of para-hydroxylation sites is 1. The second-order valence-electron chi connectivity index (χ2n) is 4.70. The molecule has 0 bridgehead atoms. The Kier molecular flexibility index (Phi) is 4.68. The highest BCUT2D eigenvalue weighted by Gasteiger charge is 2.11. The van der Waals surface area contributed by atoms with Crippen molar-refractivity contribution in [2.75, 3.05) is 7.11 Å². The molecular weight excluding hydrogens is 282 g/mol. The van der Waals surface area contributed by atoms with Crippen LogP contribution in [0.5, 0.6) is 5.75 Å². The number of carbonyl (C=O) groups excluding carboxylic acids is 1. The smallest absolute Gasteiger partial charge is 0.276 e. The second kappa shape index (κ2) is 6.67. The van der Waals surface area contributed by atoms with Crippen LogP contribution in [0.25, 0.3) is 6.08 Å². The molecule has 0 aromatic heterocycles. The Hall–Kier alpha value is -2.95. The lowest BCUT2D eigenvalue weighted by Gasteiger charge is -2.05. The lowest BCUT2D eigenvalue weighted by molar-refractivity contribution is -0.385. The van der Waals surface area contributed by atoms with Gasteiger partial charge in [-0.3, -0.25) is 14.9 Å². The average molecular weight is 297 g/mol. The van der Waals surface area contributed by atoms with Gasteiger partial charge in [-0.05, 0) is 36.8 Å². The number of nitro benzene ring substituents is 1. The minimum absolute atomic E-state index is 0.0342. The Morgan fingerprint density at radius 1 is 1.23 bits per heavy atom. The summed E-state index contributed by atoms with van der Waals surface area (Å²) in [7, 11) is 1.54. The fourth-order valence-corrected chi connectivity index (χ4v) is 2.03. The van der Waals surface area contributed by atoms with Gasteiger partial charge in [0, 0.05) is 11.6 Å². The highest BCUT2D eigenvalue weighted by atomic mass is 16.6. The third-order valence-corrected chi connectivity index (χ3v) is 3.24. The van der Waals surface area contributed by atoms with Gasteiger partial charge in [-0.2, -0.15) is 0 Å². The Morgan fingerprint density at radius 2 is 1.95 bits per heavy atom. The molecule has 2 aromatic rings. The van der Waals surface area contributed by atoms with E-state index in [0.717, 1.165) is 5.56 Å². The minimum atomic E-state index is -0.473. The van der Waals surface area contributed by atoms with Gasteiger partial charge in [-0.15, -0.1) is 0 Å². The molecule has 0 spiro atoms. The van der Waals surface area contributed by atoms with Crippen LogP contribution in [0.2, 0.25) is 0 Å². The van der Waals surface area contributed by atoms with Crippen LogP contribution in [-0.4, -0.2) is 17.8 Å². The van der Waals surface area contributed by atoms with Crippen LogP contribution in [0.1, 0.15) is 21.5 Å². The van der Waals surface area contributed by atoms with Gasteiger partial charge in [0.25, 0.3) is 5.69 Å². The van der Waals surface area contributed by atoms with Gasteiger partial charge < -0.3 is 4.74 Å². The fraction of sp³-hybridized carbons (Fsp3) is 0.118. The molecule has 5 heteroatoms. The summed E-state index contributed by atoms with van der Waals surface area (Å²) in [6.45, 7) is 1.89. The summed E-state index contributed by atoms with van der Waals surface area (Å²) >= 11 is 0. The highest BCUT2D eigenvalue weighted by molar-refractivity contribution is 6.07. The maximum Gasteiger partial charge on any atom is 0.276 e. The van der Waals surface area contributed by atoms with Crippen molar-refractivity contribution in [1.82, 2.24) is 0 Å². The zero-order valence-corrected chi connectivity index (χ0v) is 12.3. The molecule has 0 aliphatic rings. The normalized spacial score (nSPS) is 10.6. The van der Waals surface area contributed by atoms with E-state index in [4.69, 9.17) is 4.74 Å². The van der Waals surface area contributed by atoms with Gasteiger partial charge in [0.15, 0.2) is 5.78 Å². The summed E-state index contributed by atoms with van der Waals surface area (Å²) < 4.78 is 5.18. The first-order valence-electron chi connectivity index (χ1n) is 6.63. The van der Waals surface area contributed by atoms with Crippen LogP contribution < -0.4 is 4.74 Å². The number of methoxy groups -OCH3 is 1. The standard InChI is InChI=1S/C17H15NO4/c1-12-7-8-14(11-17(12)22-2)16(19)10-9-13-5-3-4-6-15(13)18(20)21/h3-11H,1-2H3/b10-9+. The van der Waals surface area contributed by atoms with Crippen molar-refractivity contribution in [2.45, 2.75) is 6.92 Å². The van der Waals surface area contributed by atoms with E-state index >= 15 is 0 Å². The Balaban J connectivity index is 2.27. The number of nitrogens with zero attached hydrogens (tertiary/aromatic N) is 1. The number of nitro groups is 1. The van der Waals surface area contributed by atoms with Gasteiger partial charge in [0.05, 0.1) is 17.6 Å². The fourth-order valence-electron chi connectivity index (χ4n) is 2.03. The molecule has 0 unspecified atom stereocenters. The summed E-state index contributed by atoms with van der Waals surface area (Å²) in [4.78, 5) is 22.6. The van der Waals surface area contributed by atoms with E-state index < -0.39 is 4.92 Å². The van der Waals surface area contributed by atoms with Gasteiger partial charge in [-0.1, -0.05) is 24.3 Å². The minimum Gasteiger partial charge on any atom is -0.496 e. The molecule has 22 heavy (non-hydrogen) atoms. The van der Waals surface area contributed by atoms with E-state index in [2.05, 4.69) is 0 Å². The molecule has 0 aliphatic carbocycles. The number of ether oxygens (including phenoxy) is 1. The largest absolute Gasteiger partial charge is 0.496 e. The van der Waals surface area contributed by atoms with E-state index in [1.165, 1.54) is 18.2 Å². The van der Waals surface area contributed by atoms with Crippen molar-refractivity contribution in [1.29, 1.82) is 0 Å². The van der Waals surface area contributed by atoms with E-state index in [1.807, 2.05) is 6.92 Å². The van der Waals surface area contributed by atoms with Crippen molar-refractivity contribution < 1.29 is 14.5 Å². The summed E-state index contributed by atoms with van der Waals surface area (Å²) in [6.07, 6.45) is 2.78. The highest BCUT2D eigenvalue weighted by Crippen LogP contribution is 2.21. The van der Waals surface area contributed by atoms with Crippen LogP contribution in [-0.2, 0) is 0 Å². The third kappa shape index (κ3) is 3.38. The van der Waals surface area contributed by atoms with Gasteiger partial charge in [-0.25, -0.2) is 0 Å². The molecule has 0 saturated carbocycles. The van der Waals surface area contributed by atoms with E-state index in [1.54, 1.807) is 43.5 Å². The molecule has 0 saturated heterocycles. The molecule has 0 fully saturated rings. The quantitative estimate of drug-likeness (QED) is 0.364. The van der Waals surface area contributed by atoms with Crippen molar-refractivity contribution in [3.8, 4) is 5.75 Å². The number of hydrogen-bond acceptors (Lipinski definition) is 4. The van der Waals surface area contributed by atoms with Crippen molar-refractivity contribution in [3.05, 3.63) is 75.3 Å². The molecule has 5 nitrogen and oxygen atoms in total. The molecule has 0 N–H and O–H groups in total. The monoisotopic (exact) mass is 297 g/mol. The van der Waals surface area contributed by atoms with E-state index in [0.29, 0.717) is 16.9 Å². The van der Waals surface area contributed by atoms with Crippen molar-refractivity contribution >= 4 is 17.5 Å².